The molecule has 0 fully saturated rings. The average Bonchev–Trinajstić information content (AvgIpc) is 3.01. The third-order valence-electron chi connectivity index (χ3n) is 8.48. The molecule has 0 heterocycles. The van der Waals surface area contributed by atoms with Gasteiger partial charge in [-0.3, -0.25) is 0 Å². The Morgan fingerprint density at radius 3 is 1.84 bits per heavy atom. The predicted molar refractivity (Wildman–Crippen MR) is 179 cm³/mol. The number of hydrogen-bond donors (Lipinski definition) is 2. The highest BCUT2D eigenvalue weighted by Gasteiger charge is 2.50. The lowest BCUT2D eigenvalue weighted by molar-refractivity contribution is -0.0313. The van der Waals surface area contributed by atoms with E-state index >= 15 is 0 Å². The molecule has 5 atom stereocenters. The molecule has 43 heavy (non-hydrogen) atoms. The number of methoxy groups -OCH3 is 1. The molecule has 2 N–H and O–H groups in total. The summed E-state index contributed by atoms with van der Waals surface area (Å²) in [6.07, 6.45) is 1.21. The molecule has 0 unspecified atom stereocenters. The second-order valence-electron chi connectivity index (χ2n) is 12.9. The molecule has 0 saturated carbocycles. The molecule has 0 aromatic heterocycles. The van der Waals surface area contributed by atoms with Crippen molar-refractivity contribution >= 4 is 18.7 Å². The molecule has 0 aliphatic heterocycles. The van der Waals surface area contributed by atoms with Crippen molar-refractivity contribution in [3.05, 3.63) is 102 Å². The zero-order valence-corrected chi connectivity index (χ0v) is 28.3. The van der Waals surface area contributed by atoms with E-state index in [1.54, 1.807) is 7.11 Å². The molecule has 0 aliphatic rings. The van der Waals surface area contributed by atoms with Crippen molar-refractivity contribution in [2.24, 2.45) is 17.8 Å². The third-order valence-corrected chi connectivity index (χ3v) is 13.5. The van der Waals surface area contributed by atoms with Gasteiger partial charge in [0.05, 0.1) is 25.9 Å². The van der Waals surface area contributed by atoms with Crippen LogP contribution < -0.4 is 15.1 Å². The van der Waals surface area contributed by atoms with Gasteiger partial charge >= 0.3 is 0 Å². The summed E-state index contributed by atoms with van der Waals surface area (Å²) in [6.45, 7) is 15.8. The highest BCUT2D eigenvalue weighted by Crippen LogP contribution is 2.37. The number of benzene rings is 3. The van der Waals surface area contributed by atoms with Gasteiger partial charge in [0.2, 0.25) is 0 Å². The highest BCUT2D eigenvalue weighted by atomic mass is 28.4. The lowest BCUT2D eigenvalue weighted by atomic mass is 9.89. The summed E-state index contributed by atoms with van der Waals surface area (Å²) in [5.74, 6) is 0.599. The van der Waals surface area contributed by atoms with E-state index in [1.165, 1.54) is 10.4 Å². The first kappa shape index (κ1) is 34.7. The molecule has 234 valence electrons. The zero-order chi connectivity index (χ0) is 31.6. The fraction of sp³-hybridized carbons (Fsp3) is 0.459. The number of aliphatic hydroxyl groups is 2. The number of aliphatic hydroxyl groups excluding tert-OH is 2. The lowest BCUT2D eigenvalue weighted by Gasteiger charge is -2.43. The average molecular weight is 605 g/mol. The first-order chi connectivity index (χ1) is 20.4. The molecule has 0 bridgehead atoms. The Kier molecular flexibility index (Phi) is 12.8. The molecule has 3 rings (SSSR count). The summed E-state index contributed by atoms with van der Waals surface area (Å²) >= 11 is 0. The Labute approximate surface area is 260 Å². The van der Waals surface area contributed by atoms with Crippen LogP contribution in [0.3, 0.4) is 0 Å². The van der Waals surface area contributed by atoms with Gasteiger partial charge in [-0.05, 0) is 45.6 Å². The van der Waals surface area contributed by atoms with E-state index < -0.39 is 14.4 Å². The van der Waals surface area contributed by atoms with Crippen LogP contribution in [-0.2, 0) is 15.8 Å². The molecule has 3 aromatic rings. The maximum atomic E-state index is 11.5. The Balaban J connectivity index is 1.78. The summed E-state index contributed by atoms with van der Waals surface area (Å²) in [6, 6.07) is 29.0. The number of ether oxygens (including phenoxy) is 2. The second kappa shape index (κ2) is 15.8. The SMILES string of the molecule is COc1ccc(CO[C@H]([C@H](C)/C=C(\C)[C@H](O)[C@@H](C)CO[Si](c2ccccc2)(c2ccccc2)C(C)(C)C)[C@H](C)CO)cc1. The van der Waals surface area contributed by atoms with Crippen molar-refractivity contribution in [2.45, 2.75) is 72.3 Å². The van der Waals surface area contributed by atoms with Crippen LogP contribution in [0.15, 0.2) is 96.6 Å². The predicted octanol–water partition coefficient (Wildman–Crippen LogP) is 6.36. The van der Waals surface area contributed by atoms with E-state index in [9.17, 15) is 10.2 Å². The minimum atomic E-state index is -2.70. The molecule has 0 aliphatic carbocycles. The van der Waals surface area contributed by atoms with Gasteiger partial charge in [-0.25, -0.2) is 0 Å². The summed E-state index contributed by atoms with van der Waals surface area (Å²) in [5.41, 5.74) is 1.92. The van der Waals surface area contributed by atoms with Crippen molar-refractivity contribution in [1.82, 2.24) is 0 Å². The van der Waals surface area contributed by atoms with Crippen molar-refractivity contribution < 1.29 is 24.1 Å². The molecule has 0 saturated heterocycles. The van der Waals surface area contributed by atoms with Crippen LogP contribution in [0, 0.1) is 17.8 Å². The maximum absolute atomic E-state index is 11.5. The van der Waals surface area contributed by atoms with E-state index in [4.69, 9.17) is 13.9 Å². The summed E-state index contributed by atoms with van der Waals surface area (Å²) in [5, 5.41) is 23.8. The summed E-state index contributed by atoms with van der Waals surface area (Å²) in [7, 11) is -1.05. The summed E-state index contributed by atoms with van der Waals surface area (Å²) in [4.78, 5) is 0. The van der Waals surface area contributed by atoms with Crippen LogP contribution in [0.5, 0.6) is 5.75 Å². The maximum Gasteiger partial charge on any atom is 0.261 e. The fourth-order valence-corrected chi connectivity index (χ4v) is 10.7. The third kappa shape index (κ3) is 8.67. The monoisotopic (exact) mass is 604 g/mol. The van der Waals surface area contributed by atoms with E-state index in [2.05, 4.69) is 89.2 Å². The van der Waals surface area contributed by atoms with Crippen molar-refractivity contribution in [1.29, 1.82) is 0 Å². The van der Waals surface area contributed by atoms with Gasteiger partial charge in [0.15, 0.2) is 0 Å². The molecule has 3 aromatic carbocycles. The van der Waals surface area contributed by atoms with Crippen LogP contribution >= 0.6 is 0 Å². The number of hydrogen-bond acceptors (Lipinski definition) is 5. The molecule has 5 nitrogen and oxygen atoms in total. The largest absolute Gasteiger partial charge is 0.497 e. The van der Waals surface area contributed by atoms with Gasteiger partial charge in [0.1, 0.15) is 5.75 Å². The molecule has 0 radical (unpaired) electrons. The molecular weight excluding hydrogens is 552 g/mol. The van der Waals surface area contributed by atoms with Gasteiger partial charge in [0.25, 0.3) is 8.32 Å². The Morgan fingerprint density at radius 1 is 0.837 bits per heavy atom. The minimum Gasteiger partial charge on any atom is -0.497 e. The van der Waals surface area contributed by atoms with Gasteiger partial charge in [-0.2, -0.15) is 0 Å². The molecule has 0 spiro atoms. The van der Waals surface area contributed by atoms with Crippen LogP contribution in [0.2, 0.25) is 5.04 Å². The normalized spacial score (nSPS) is 16.3. The first-order valence-electron chi connectivity index (χ1n) is 15.4. The van der Waals surface area contributed by atoms with Crippen molar-refractivity contribution in [3.8, 4) is 5.75 Å². The highest BCUT2D eigenvalue weighted by molar-refractivity contribution is 6.99. The first-order valence-corrected chi connectivity index (χ1v) is 17.3. The number of rotatable bonds is 15. The Bertz CT molecular complexity index is 1210. The van der Waals surface area contributed by atoms with E-state index in [0.717, 1.165) is 16.9 Å². The van der Waals surface area contributed by atoms with Crippen LogP contribution in [0.4, 0.5) is 0 Å². The van der Waals surface area contributed by atoms with Crippen molar-refractivity contribution in [2.75, 3.05) is 20.3 Å². The van der Waals surface area contributed by atoms with Crippen molar-refractivity contribution in [3.63, 3.8) is 0 Å². The standard InChI is InChI=1S/C37H52O5Si/c1-27(23-28(2)36(29(3)24-38)41-26-31-19-21-32(40-8)22-20-31)35(39)30(4)25-42-43(37(5,6)7,33-15-11-9-12-16-33)34-17-13-10-14-18-34/h9-23,28-30,35-36,38-39H,24-26H2,1-8H3/b27-23+/t28-,29-,30+,35+,36-/m1/s1. The lowest BCUT2D eigenvalue weighted by Crippen LogP contribution is -2.67. The Morgan fingerprint density at radius 2 is 1.37 bits per heavy atom. The molecular formula is C37H52O5Si. The minimum absolute atomic E-state index is 0.0140. The smallest absolute Gasteiger partial charge is 0.261 e. The zero-order valence-electron chi connectivity index (χ0n) is 27.3. The second-order valence-corrected chi connectivity index (χ2v) is 17.3. The van der Waals surface area contributed by atoms with Gasteiger partial charge < -0.3 is 24.1 Å². The van der Waals surface area contributed by atoms with Gasteiger partial charge in [-0.15, -0.1) is 0 Å². The Hall–Kier alpha value is -2.74. The van der Waals surface area contributed by atoms with Crippen LogP contribution in [0.1, 0.15) is 54.0 Å². The van der Waals surface area contributed by atoms with E-state index in [-0.39, 0.29) is 35.5 Å². The quantitative estimate of drug-likeness (QED) is 0.156. The fourth-order valence-electron chi connectivity index (χ4n) is 6.02. The van der Waals surface area contributed by atoms with Crippen LogP contribution in [-0.4, -0.2) is 51.1 Å². The molecule has 0 amide bonds. The topological polar surface area (TPSA) is 68.2 Å². The van der Waals surface area contributed by atoms with E-state index in [1.807, 2.05) is 50.2 Å². The molecule has 6 heteroatoms. The van der Waals surface area contributed by atoms with Crippen LogP contribution in [0.25, 0.3) is 0 Å². The summed E-state index contributed by atoms with van der Waals surface area (Å²) < 4.78 is 18.7. The van der Waals surface area contributed by atoms with Gasteiger partial charge in [-0.1, -0.05) is 120 Å². The van der Waals surface area contributed by atoms with Gasteiger partial charge in [0, 0.05) is 31.0 Å². The van der Waals surface area contributed by atoms with E-state index in [0.29, 0.717) is 13.2 Å².